The molecule has 0 saturated carbocycles. The summed E-state index contributed by atoms with van der Waals surface area (Å²) >= 11 is 0. The van der Waals surface area contributed by atoms with Gasteiger partial charge in [-0.05, 0) is 36.7 Å². The number of aryl methyl sites for hydroxylation is 1. The Morgan fingerprint density at radius 1 is 1.14 bits per heavy atom. The summed E-state index contributed by atoms with van der Waals surface area (Å²) in [6.45, 7) is 6.61. The highest BCUT2D eigenvalue weighted by Gasteiger charge is 2.03. The fourth-order valence-electron chi connectivity index (χ4n) is 2.05. The quantitative estimate of drug-likeness (QED) is 0.810. The van der Waals surface area contributed by atoms with Gasteiger partial charge in [-0.25, -0.2) is 4.98 Å². The first-order valence-corrected chi connectivity index (χ1v) is 7.55. The maximum absolute atomic E-state index is 5.79. The van der Waals surface area contributed by atoms with Crippen molar-refractivity contribution in [1.82, 2.24) is 15.3 Å². The molecule has 0 bridgehead atoms. The van der Waals surface area contributed by atoms with Crippen LogP contribution in [0, 0.1) is 0 Å². The SMILES string of the molecule is CCNCc1cc(CC)nc(OCCc2ccccn2)c1. The third-order valence-electron chi connectivity index (χ3n) is 3.19. The molecule has 0 radical (unpaired) electrons. The zero-order valence-electron chi connectivity index (χ0n) is 12.8. The first-order chi connectivity index (χ1) is 10.3. The van der Waals surface area contributed by atoms with Gasteiger partial charge in [-0.2, -0.15) is 0 Å². The number of rotatable bonds is 8. The minimum atomic E-state index is 0.595. The van der Waals surface area contributed by atoms with Crippen LogP contribution >= 0.6 is 0 Å². The maximum Gasteiger partial charge on any atom is 0.213 e. The Morgan fingerprint density at radius 2 is 2.05 bits per heavy atom. The molecule has 0 unspecified atom stereocenters. The summed E-state index contributed by atoms with van der Waals surface area (Å²) in [5.74, 6) is 0.707. The van der Waals surface area contributed by atoms with Gasteiger partial charge in [0.05, 0.1) is 6.61 Å². The van der Waals surface area contributed by atoms with E-state index in [1.54, 1.807) is 6.20 Å². The fraction of sp³-hybridized carbons (Fsp3) is 0.412. The Balaban J connectivity index is 1.95. The Labute approximate surface area is 126 Å². The molecule has 21 heavy (non-hydrogen) atoms. The molecule has 2 aromatic heterocycles. The largest absolute Gasteiger partial charge is 0.477 e. The molecule has 2 heterocycles. The molecule has 0 aromatic carbocycles. The van der Waals surface area contributed by atoms with Crippen molar-refractivity contribution >= 4 is 0 Å². The highest BCUT2D eigenvalue weighted by atomic mass is 16.5. The standard InChI is InChI=1S/C17H23N3O/c1-3-15-11-14(13-18-4-2)12-17(20-15)21-10-8-16-7-5-6-9-19-16/h5-7,9,11-12,18H,3-4,8,10,13H2,1-2H3. The molecule has 0 fully saturated rings. The monoisotopic (exact) mass is 285 g/mol. The van der Waals surface area contributed by atoms with Crippen LogP contribution in [-0.2, 0) is 19.4 Å². The van der Waals surface area contributed by atoms with Crippen LogP contribution in [0.15, 0.2) is 36.5 Å². The first kappa shape index (κ1) is 15.4. The lowest BCUT2D eigenvalue weighted by Gasteiger charge is -2.10. The van der Waals surface area contributed by atoms with Crippen LogP contribution < -0.4 is 10.1 Å². The summed E-state index contributed by atoms with van der Waals surface area (Å²) in [4.78, 5) is 8.81. The topological polar surface area (TPSA) is 47.0 Å². The maximum atomic E-state index is 5.79. The van der Waals surface area contributed by atoms with E-state index in [4.69, 9.17) is 4.74 Å². The van der Waals surface area contributed by atoms with Gasteiger partial charge in [-0.1, -0.05) is 19.9 Å². The third kappa shape index (κ3) is 5.16. The molecule has 4 nitrogen and oxygen atoms in total. The van der Waals surface area contributed by atoms with E-state index in [1.165, 1.54) is 5.56 Å². The molecular formula is C17H23N3O. The zero-order chi connectivity index (χ0) is 14.9. The van der Waals surface area contributed by atoms with Gasteiger partial charge in [-0.3, -0.25) is 4.98 Å². The van der Waals surface area contributed by atoms with Crippen LogP contribution in [0.4, 0.5) is 0 Å². The smallest absolute Gasteiger partial charge is 0.213 e. The van der Waals surface area contributed by atoms with Crippen LogP contribution in [0.3, 0.4) is 0 Å². The first-order valence-electron chi connectivity index (χ1n) is 7.55. The number of aromatic nitrogens is 2. The number of ether oxygens (including phenoxy) is 1. The van der Waals surface area contributed by atoms with Gasteiger partial charge in [0, 0.05) is 36.6 Å². The van der Waals surface area contributed by atoms with Crippen molar-refractivity contribution < 1.29 is 4.74 Å². The second kappa shape index (κ2) is 8.37. The number of pyridine rings is 2. The van der Waals surface area contributed by atoms with E-state index in [0.29, 0.717) is 12.5 Å². The van der Waals surface area contributed by atoms with Crippen molar-refractivity contribution in [2.24, 2.45) is 0 Å². The summed E-state index contributed by atoms with van der Waals surface area (Å²) in [5.41, 5.74) is 3.33. The van der Waals surface area contributed by atoms with E-state index in [1.807, 2.05) is 24.3 Å². The predicted octanol–water partition coefficient (Wildman–Crippen LogP) is 2.77. The lowest BCUT2D eigenvalue weighted by atomic mass is 10.2. The summed E-state index contributed by atoms with van der Waals surface area (Å²) in [7, 11) is 0. The van der Waals surface area contributed by atoms with E-state index in [9.17, 15) is 0 Å². The van der Waals surface area contributed by atoms with E-state index in [0.717, 1.165) is 37.3 Å². The van der Waals surface area contributed by atoms with Gasteiger partial charge in [0.2, 0.25) is 5.88 Å². The second-order valence-corrected chi connectivity index (χ2v) is 4.86. The normalized spacial score (nSPS) is 10.6. The second-order valence-electron chi connectivity index (χ2n) is 4.86. The van der Waals surface area contributed by atoms with Crippen molar-refractivity contribution in [2.75, 3.05) is 13.2 Å². The Bertz CT molecular complexity index is 543. The van der Waals surface area contributed by atoms with Crippen molar-refractivity contribution in [3.63, 3.8) is 0 Å². The number of hydrogen-bond acceptors (Lipinski definition) is 4. The fourth-order valence-corrected chi connectivity index (χ4v) is 2.05. The molecule has 112 valence electrons. The predicted molar refractivity (Wildman–Crippen MR) is 84.4 cm³/mol. The highest BCUT2D eigenvalue weighted by Crippen LogP contribution is 2.14. The van der Waals surface area contributed by atoms with Crippen LogP contribution in [0.2, 0.25) is 0 Å². The van der Waals surface area contributed by atoms with E-state index < -0.39 is 0 Å². The molecule has 0 saturated heterocycles. The molecule has 0 spiro atoms. The van der Waals surface area contributed by atoms with Crippen LogP contribution in [0.1, 0.15) is 30.8 Å². The van der Waals surface area contributed by atoms with Crippen molar-refractivity contribution in [2.45, 2.75) is 33.2 Å². The van der Waals surface area contributed by atoms with Crippen LogP contribution in [0.25, 0.3) is 0 Å². The lowest BCUT2D eigenvalue weighted by Crippen LogP contribution is -2.13. The molecule has 2 rings (SSSR count). The molecule has 2 aromatic rings. The molecule has 1 N–H and O–H groups in total. The molecule has 0 amide bonds. The lowest BCUT2D eigenvalue weighted by molar-refractivity contribution is 0.307. The molecule has 0 aliphatic heterocycles. The molecule has 0 aliphatic carbocycles. The third-order valence-corrected chi connectivity index (χ3v) is 3.19. The van der Waals surface area contributed by atoms with E-state index in [2.05, 4.69) is 35.2 Å². The van der Waals surface area contributed by atoms with Crippen LogP contribution in [-0.4, -0.2) is 23.1 Å². The number of hydrogen-bond donors (Lipinski definition) is 1. The molecule has 0 atom stereocenters. The molecular weight excluding hydrogens is 262 g/mol. The summed E-state index contributed by atoms with van der Waals surface area (Å²) in [6, 6.07) is 10.1. The Hall–Kier alpha value is -1.94. The summed E-state index contributed by atoms with van der Waals surface area (Å²) < 4.78 is 5.79. The Morgan fingerprint density at radius 3 is 2.76 bits per heavy atom. The van der Waals surface area contributed by atoms with Gasteiger partial charge in [0.15, 0.2) is 0 Å². The van der Waals surface area contributed by atoms with E-state index >= 15 is 0 Å². The number of nitrogens with zero attached hydrogens (tertiary/aromatic N) is 2. The van der Waals surface area contributed by atoms with Crippen LogP contribution in [0.5, 0.6) is 5.88 Å². The minimum Gasteiger partial charge on any atom is -0.477 e. The van der Waals surface area contributed by atoms with Gasteiger partial charge in [0.1, 0.15) is 0 Å². The Kier molecular flexibility index (Phi) is 6.16. The molecule has 4 heteroatoms. The van der Waals surface area contributed by atoms with Gasteiger partial charge in [-0.15, -0.1) is 0 Å². The average molecular weight is 285 g/mol. The average Bonchev–Trinajstić information content (AvgIpc) is 2.53. The van der Waals surface area contributed by atoms with Gasteiger partial charge < -0.3 is 10.1 Å². The molecule has 0 aliphatic rings. The van der Waals surface area contributed by atoms with E-state index in [-0.39, 0.29) is 0 Å². The highest BCUT2D eigenvalue weighted by molar-refractivity contribution is 5.25. The van der Waals surface area contributed by atoms with Gasteiger partial charge >= 0.3 is 0 Å². The minimum absolute atomic E-state index is 0.595. The summed E-state index contributed by atoms with van der Waals surface area (Å²) in [5, 5.41) is 3.33. The van der Waals surface area contributed by atoms with Crippen molar-refractivity contribution in [3.05, 3.63) is 53.5 Å². The van der Waals surface area contributed by atoms with Gasteiger partial charge in [0.25, 0.3) is 0 Å². The number of nitrogens with one attached hydrogen (secondary N) is 1. The zero-order valence-corrected chi connectivity index (χ0v) is 12.8. The summed E-state index contributed by atoms with van der Waals surface area (Å²) in [6.07, 6.45) is 3.51. The van der Waals surface area contributed by atoms with Crippen molar-refractivity contribution in [1.29, 1.82) is 0 Å². The van der Waals surface area contributed by atoms with Crippen molar-refractivity contribution in [3.8, 4) is 5.88 Å².